The van der Waals surface area contributed by atoms with E-state index < -0.39 is 4.92 Å². The van der Waals surface area contributed by atoms with Gasteiger partial charge >= 0.3 is 0 Å². The third-order valence-corrected chi connectivity index (χ3v) is 5.16. The van der Waals surface area contributed by atoms with Crippen LogP contribution in [0.2, 0.25) is 0 Å². The zero-order chi connectivity index (χ0) is 20.1. The molecule has 7 nitrogen and oxygen atoms in total. The van der Waals surface area contributed by atoms with Gasteiger partial charge in [0, 0.05) is 49.4 Å². The standard InChI is InChI=1S/C21H23N3O4/c1-16(21(26)18-5-3-2-4-6-18)23-13-11-22(12-14-23)15-20(25)17-7-9-19(10-8-17)24(27)28/h2-10,16H,11-15H2,1H3. The molecule has 0 radical (unpaired) electrons. The lowest BCUT2D eigenvalue weighted by Gasteiger charge is -2.37. The van der Waals surface area contributed by atoms with Crippen LogP contribution in [0.1, 0.15) is 27.6 Å². The van der Waals surface area contributed by atoms with Crippen LogP contribution in [-0.2, 0) is 0 Å². The first-order chi connectivity index (χ1) is 13.5. The summed E-state index contributed by atoms with van der Waals surface area (Å²) < 4.78 is 0. The number of benzene rings is 2. The number of non-ortho nitro benzene ring substituents is 1. The van der Waals surface area contributed by atoms with Gasteiger partial charge in [0.15, 0.2) is 11.6 Å². The summed E-state index contributed by atoms with van der Waals surface area (Å²) >= 11 is 0. The minimum atomic E-state index is -0.481. The van der Waals surface area contributed by atoms with Crippen molar-refractivity contribution in [3.8, 4) is 0 Å². The predicted octanol–water partition coefficient (Wildman–Crippen LogP) is 2.67. The van der Waals surface area contributed by atoms with E-state index in [4.69, 9.17) is 0 Å². The molecule has 1 fully saturated rings. The minimum Gasteiger partial charge on any atom is -0.293 e. The zero-order valence-electron chi connectivity index (χ0n) is 15.8. The molecule has 1 unspecified atom stereocenters. The summed E-state index contributed by atoms with van der Waals surface area (Å²) in [6.07, 6.45) is 0. The zero-order valence-corrected chi connectivity index (χ0v) is 15.8. The first-order valence-electron chi connectivity index (χ1n) is 9.29. The Morgan fingerprint density at radius 3 is 2.14 bits per heavy atom. The molecule has 0 bridgehead atoms. The lowest BCUT2D eigenvalue weighted by Crippen LogP contribution is -2.52. The van der Waals surface area contributed by atoms with Crippen LogP contribution in [-0.4, -0.2) is 65.1 Å². The highest BCUT2D eigenvalue weighted by atomic mass is 16.6. The molecule has 3 rings (SSSR count). The van der Waals surface area contributed by atoms with Crippen LogP contribution >= 0.6 is 0 Å². The summed E-state index contributed by atoms with van der Waals surface area (Å²) in [5.74, 6) is 0.0489. The number of rotatable bonds is 7. The van der Waals surface area contributed by atoms with E-state index in [0.717, 1.165) is 0 Å². The molecule has 1 aliphatic heterocycles. The van der Waals surface area contributed by atoms with Crippen LogP contribution in [0.5, 0.6) is 0 Å². The van der Waals surface area contributed by atoms with Gasteiger partial charge in [-0.3, -0.25) is 29.5 Å². The summed E-state index contributed by atoms with van der Waals surface area (Å²) in [6, 6.07) is 14.8. The van der Waals surface area contributed by atoms with Gasteiger partial charge < -0.3 is 0 Å². The van der Waals surface area contributed by atoms with Crippen molar-refractivity contribution in [3.05, 3.63) is 75.8 Å². The van der Waals surface area contributed by atoms with Crippen molar-refractivity contribution in [2.75, 3.05) is 32.7 Å². The normalized spacial score (nSPS) is 16.5. The molecule has 1 saturated heterocycles. The molecule has 2 aromatic carbocycles. The maximum absolute atomic E-state index is 12.6. The number of hydrogen-bond acceptors (Lipinski definition) is 6. The molecular formula is C21H23N3O4. The van der Waals surface area contributed by atoms with Gasteiger partial charge in [0.05, 0.1) is 17.5 Å². The van der Waals surface area contributed by atoms with Crippen molar-refractivity contribution >= 4 is 17.3 Å². The Hall–Kier alpha value is -2.90. The van der Waals surface area contributed by atoms with Gasteiger partial charge in [0.2, 0.25) is 0 Å². The lowest BCUT2D eigenvalue weighted by atomic mass is 10.0. The lowest BCUT2D eigenvalue weighted by molar-refractivity contribution is -0.384. The quantitative estimate of drug-likeness (QED) is 0.417. The molecule has 0 spiro atoms. The van der Waals surface area contributed by atoms with E-state index in [1.807, 2.05) is 37.3 Å². The third-order valence-electron chi connectivity index (χ3n) is 5.16. The monoisotopic (exact) mass is 381 g/mol. The first-order valence-corrected chi connectivity index (χ1v) is 9.29. The summed E-state index contributed by atoms with van der Waals surface area (Å²) in [4.78, 5) is 39.5. The number of carbonyl (C=O) groups excluding carboxylic acids is 2. The second-order valence-electron chi connectivity index (χ2n) is 6.95. The van der Waals surface area contributed by atoms with Crippen molar-refractivity contribution in [3.63, 3.8) is 0 Å². The highest BCUT2D eigenvalue weighted by Gasteiger charge is 2.27. The molecule has 1 heterocycles. The number of hydrogen-bond donors (Lipinski definition) is 0. The van der Waals surface area contributed by atoms with E-state index in [2.05, 4.69) is 9.80 Å². The minimum absolute atomic E-state index is 0.0257. The molecule has 0 amide bonds. The molecule has 2 aromatic rings. The molecule has 0 N–H and O–H groups in total. The van der Waals surface area contributed by atoms with Crippen LogP contribution in [0, 0.1) is 10.1 Å². The Balaban J connectivity index is 1.51. The largest absolute Gasteiger partial charge is 0.293 e. The second kappa shape index (κ2) is 8.86. The Morgan fingerprint density at radius 2 is 1.57 bits per heavy atom. The Kier molecular flexibility index (Phi) is 6.28. The molecule has 0 saturated carbocycles. The number of nitro groups is 1. The summed E-state index contributed by atoms with van der Waals surface area (Å²) in [7, 11) is 0. The topological polar surface area (TPSA) is 83.8 Å². The molecule has 1 aliphatic rings. The van der Waals surface area contributed by atoms with E-state index in [0.29, 0.717) is 37.3 Å². The molecule has 0 aliphatic carbocycles. The number of Topliss-reactive ketones (excluding diaryl/α,β-unsaturated/α-hetero) is 2. The van der Waals surface area contributed by atoms with Gasteiger partial charge in [-0.2, -0.15) is 0 Å². The number of piperazine rings is 1. The Labute approximate surface area is 163 Å². The fourth-order valence-electron chi connectivity index (χ4n) is 3.38. The Morgan fingerprint density at radius 1 is 0.964 bits per heavy atom. The van der Waals surface area contributed by atoms with E-state index >= 15 is 0 Å². The van der Waals surface area contributed by atoms with Crippen LogP contribution in [0.4, 0.5) is 5.69 Å². The third kappa shape index (κ3) is 4.68. The average Bonchev–Trinajstić information content (AvgIpc) is 2.74. The molecule has 28 heavy (non-hydrogen) atoms. The number of nitro benzene ring substituents is 1. The van der Waals surface area contributed by atoms with Crippen molar-refractivity contribution in [1.82, 2.24) is 9.80 Å². The van der Waals surface area contributed by atoms with E-state index in [1.165, 1.54) is 24.3 Å². The molecule has 1 atom stereocenters. The van der Waals surface area contributed by atoms with Gasteiger partial charge in [-0.05, 0) is 19.1 Å². The van der Waals surface area contributed by atoms with Crippen LogP contribution in [0.15, 0.2) is 54.6 Å². The number of carbonyl (C=O) groups is 2. The van der Waals surface area contributed by atoms with Crippen molar-refractivity contribution in [1.29, 1.82) is 0 Å². The van der Waals surface area contributed by atoms with Crippen LogP contribution in [0.25, 0.3) is 0 Å². The maximum Gasteiger partial charge on any atom is 0.269 e. The number of ketones is 2. The summed E-state index contributed by atoms with van der Waals surface area (Å²) in [6.45, 7) is 5.02. The van der Waals surface area contributed by atoms with Gasteiger partial charge in [0.1, 0.15) is 0 Å². The fourth-order valence-corrected chi connectivity index (χ4v) is 3.38. The summed E-state index contributed by atoms with van der Waals surface area (Å²) in [5, 5.41) is 10.7. The predicted molar refractivity (Wildman–Crippen MR) is 106 cm³/mol. The summed E-state index contributed by atoms with van der Waals surface area (Å²) in [5.41, 5.74) is 1.16. The van der Waals surface area contributed by atoms with Crippen LogP contribution < -0.4 is 0 Å². The van der Waals surface area contributed by atoms with E-state index in [-0.39, 0.29) is 29.8 Å². The SMILES string of the molecule is CC(C(=O)c1ccccc1)N1CCN(CC(=O)c2ccc([N+](=O)[O-])cc2)CC1. The van der Waals surface area contributed by atoms with Crippen molar-refractivity contribution < 1.29 is 14.5 Å². The van der Waals surface area contributed by atoms with Gasteiger partial charge in [-0.15, -0.1) is 0 Å². The first kappa shape index (κ1) is 19.9. The second-order valence-corrected chi connectivity index (χ2v) is 6.95. The Bertz CT molecular complexity index is 844. The van der Waals surface area contributed by atoms with Gasteiger partial charge in [-0.25, -0.2) is 0 Å². The maximum atomic E-state index is 12.6. The van der Waals surface area contributed by atoms with Crippen LogP contribution in [0.3, 0.4) is 0 Å². The fraction of sp³-hybridized carbons (Fsp3) is 0.333. The van der Waals surface area contributed by atoms with Gasteiger partial charge in [0.25, 0.3) is 5.69 Å². The van der Waals surface area contributed by atoms with E-state index in [9.17, 15) is 19.7 Å². The number of nitrogens with zero attached hydrogens (tertiary/aromatic N) is 3. The molecule has 7 heteroatoms. The van der Waals surface area contributed by atoms with Crippen molar-refractivity contribution in [2.45, 2.75) is 13.0 Å². The van der Waals surface area contributed by atoms with E-state index in [1.54, 1.807) is 0 Å². The molecular weight excluding hydrogens is 358 g/mol. The average molecular weight is 381 g/mol. The highest BCUT2D eigenvalue weighted by molar-refractivity contribution is 6.00. The molecule has 146 valence electrons. The molecule has 0 aromatic heterocycles. The van der Waals surface area contributed by atoms with Crippen molar-refractivity contribution in [2.24, 2.45) is 0 Å². The van der Waals surface area contributed by atoms with Gasteiger partial charge in [-0.1, -0.05) is 30.3 Å². The highest BCUT2D eigenvalue weighted by Crippen LogP contribution is 2.15. The smallest absolute Gasteiger partial charge is 0.269 e.